The lowest BCUT2D eigenvalue weighted by molar-refractivity contribution is 0.353. The first-order valence-corrected chi connectivity index (χ1v) is 9.07. The highest BCUT2D eigenvalue weighted by atomic mass is 35.5. The Morgan fingerprint density at radius 2 is 2.04 bits per heavy atom. The van der Waals surface area contributed by atoms with Crippen LogP contribution in [-0.2, 0) is 7.05 Å². The van der Waals surface area contributed by atoms with Gasteiger partial charge in [-0.05, 0) is 24.5 Å². The topological polar surface area (TPSA) is 80.4 Å². The van der Waals surface area contributed by atoms with Crippen molar-refractivity contribution in [3.63, 3.8) is 0 Å². The van der Waals surface area contributed by atoms with Gasteiger partial charge in [-0.1, -0.05) is 43.6 Å². The quantitative estimate of drug-likeness (QED) is 0.679. The molecule has 0 aliphatic carbocycles. The second kappa shape index (κ2) is 7.98. The van der Waals surface area contributed by atoms with E-state index < -0.39 is 0 Å². The summed E-state index contributed by atoms with van der Waals surface area (Å²) in [6, 6.07) is 8.96. The fourth-order valence-electron chi connectivity index (χ4n) is 2.92. The van der Waals surface area contributed by atoms with E-state index in [0.717, 1.165) is 0 Å². The molecular formula is C20H21ClN4O2. The summed E-state index contributed by atoms with van der Waals surface area (Å²) in [6.07, 6.45) is 2.29. The summed E-state index contributed by atoms with van der Waals surface area (Å²) in [5.74, 6) is 0.589. The molecule has 0 atom stereocenters. The van der Waals surface area contributed by atoms with Gasteiger partial charge in [0.1, 0.15) is 5.65 Å². The van der Waals surface area contributed by atoms with E-state index in [1.54, 1.807) is 25.4 Å². The molecule has 0 radical (unpaired) electrons. The molecule has 6 nitrogen and oxygen atoms in total. The number of nitrogens with zero attached hydrogens (tertiary/aromatic N) is 4. The van der Waals surface area contributed by atoms with Crippen molar-refractivity contribution in [2.24, 2.45) is 18.0 Å². The first-order chi connectivity index (χ1) is 12.9. The molecule has 0 aliphatic rings. The monoisotopic (exact) mass is 384 g/mol. The van der Waals surface area contributed by atoms with Gasteiger partial charge < -0.3 is 5.11 Å². The molecule has 0 spiro atoms. The van der Waals surface area contributed by atoms with E-state index in [0.29, 0.717) is 45.2 Å². The minimum absolute atomic E-state index is 0.149. The van der Waals surface area contributed by atoms with Crippen molar-refractivity contribution in [2.45, 2.75) is 20.3 Å². The number of pyridine rings is 1. The lowest BCUT2D eigenvalue weighted by atomic mass is 10.1. The predicted molar refractivity (Wildman–Crippen MR) is 109 cm³/mol. The Bertz CT molecular complexity index is 1070. The summed E-state index contributed by atoms with van der Waals surface area (Å²) in [6.45, 7) is 3.95. The minimum atomic E-state index is -0.200. The average Bonchev–Trinajstić information content (AvgIpc) is 2.64. The summed E-state index contributed by atoms with van der Waals surface area (Å²) >= 11 is 6.25. The van der Waals surface area contributed by atoms with Crippen LogP contribution in [0.4, 0.5) is 5.95 Å². The van der Waals surface area contributed by atoms with Crippen LogP contribution in [0.3, 0.4) is 0 Å². The number of rotatable bonds is 5. The van der Waals surface area contributed by atoms with Crippen LogP contribution in [0.25, 0.3) is 22.2 Å². The molecule has 1 N–H and O–H groups in total. The molecule has 3 rings (SSSR count). The van der Waals surface area contributed by atoms with Crippen LogP contribution in [0.15, 0.2) is 46.3 Å². The molecule has 3 aromatic rings. The van der Waals surface area contributed by atoms with Gasteiger partial charge in [-0.15, -0.1) is 0 Å². The van der Waals surface area contributed by atoms with Crippen molar-refractivity contribution in [3.05, 3.63) is 51.9 Å². The molecular weight excluding hydrogens is 364 g/mol. The Morgan fingerprint density at radius 1 is 1.30 bits per heavy atom. The normalized spacial score (nSPS) is 12.1. The van der Waals surface area contributed by atoms with Crippen LogP contribution < -0.4 is 5.56 Å². The second-order valence-electron chi connectivity index (χ2n) is 6.79. The molecule has 1 aromatic carbocycles. The molecule has 140 valence electrons. The SMILES string of the molecule is CC(C)C/C(CO)=N/c1ncc2cc(-c3ccccc3Cl)c(=O)n(C)c2n1. The standard InChI is InChI=1S/C20H21ClN4O2/c1-12(2)8-14(11-26)23-20-22-10-13-9-16(15-6-4-5-7-17(15)21)19(27)25(3)18(13)24-20/h4-7,9-10,12,26H,8,11H2,1-3H3/b23-14-. The molecule has 0 aliphatic heterocycles. The summed E-state index contributed by atoms with van der Waals surface area (Å²) < 4.78 is 1.47. The molecule has 2 aromatic heterocycles. The average molecular weight is 385 g/mol. The lowest BCUT2D eigenvalue weighted by Gasteiger charge is -2.10. The number of benzene rings is 1. The largest absolute Gasteiger partial charge is 0.390 e. The van der Waals surface area contributed by atoms with Crippen molar-refractivity contribution in [3.8, 4) is 11.1 Å². The van der Waals surface area contributed by atoms with Gasteiger partial charge in [0.2, 0.25) is 0 Å². The van der Waals surface area contributed by atoms with Gasteiger partial charge in [-0.25, -0.2) is 9.98 Å². The third-order valence-corrected chi connectivity index (χ3v) is 4.51. The molecule has 7 heteroatoms. The van der Waals surface area contributed by atoms with Gasteiger partial charge in [-0.2, -0.15) is 4.98 Å². The van der Waals surface area contributed by atoms with E-state index in [1.807, 2.05) is 32.0 Å². The number of hydrogen-bond acceptors (Lipinski definition) is 5. The number of aliphatic imine (C=N–C) groups is 1. The van der Waals surface area contributed by atoms with Crippen molar-refractivity contribution in [1.29, 1.82) is 0 Å². The van der Waals surface area contributed by atoms with Crippen LogP contribution >= 0.6 is 11.6 Å². The van der Waals surface area contributed by atoms with Crippen molar-refractivity contribution in [1.82, 2.24) is 14.5 Å². The van der Waals surface area contributed by atoms with Gasteiger partial charge in [0.05, 0.1) is 6.61 Å². The van der Waals surface area contributed by atoms with Crippen LogP contribution in [0.2, 0.25) is 5.02 Å². The Labute approximate surface area is 162 Å². The highest BCUT2D eigenvalue weighted by molar-refractivity contribution is 6.33. The van der Waals surface area contributed by atoms with Crippen LogP contribution in [0.1, 0.15) is 20.3 Å². The van der Waals surface area contributed by atoms with Crippen LogP contribution in [-0.4, -0.2) is 32.0 Å². The maximum absolute atomic E-state index is 12.8. The van der Waals surface area contributed by atoms with Gasteiger partial charge in [0.15, 0.2) is 0 Å². The smallest absolute Gasteiger partial charge is 0.259 e. The summed E-state index contributed by atoms with van der Waals surface area (Å²) in [4.78, 5) is 25.9. The van der Waals surface area contributed by atoms with Crippen LogP contribution in [0, 0.1) is 5.92 Å². The minimum Gasteiger partial charge on any atom is -0.390 e. The van der Waals surface area contributed by atoms with E-state index >= 15 is 0 Å². The van der Waals surface area contributed by atoms with Crippen molar-refractivity contribution in [2.75, 3.05) is 6.61 Å². The third-order valence-electron chi connectivity index (χ3n) is 4.18. The zero-order chi connectivity index (χ0) is 19.6. The van der Waals surface area contributed by atoms with Gasteiger partial charge in [0.25, 0.3) is 11.5 Å². The second-order valence-corrected chi connectivity index (χ2v) is 7.19. The number of hydrogen-bond donors (Lipinski definition) is 1. The number of aliphatic hydroxyl groups is 1. The maximum atomic E-state index is 12.8. The Hall–Kier alpha value is -2.57. The van der Waals surface area contributed by atoms with Crippen LogP contribution in [0.5, 0.6) is 0 Å². The fraction of sp³-hybridized carbons (Fsp3) is 0.300. The first-order valence-electron chi connectivity index (χ1n) is 8.69. The molecule has 0 saturated heterocycles. The number of halogens is 1. The molecule has 0 saturated carbocycles. The number of aryl methyl sites for hydroxylation is 1. The van der Waals surface area contributed by atoms with Crippen molar-refractivity contribution >= 4 is 34.3 Å². The lowest BCUT2D eigenvalue weighted by Crippen LogP contribution is -2.20. The van der Waals surface area contributed by atoms with E-state index in [2.05, 4.69) is 15.0 Å². The summed E-state index contributed by atoms with van der Waals surface area (Å²) in [5.41, 5.74) is 2.05. The zero-order valence-corrected chi connectivity index (χ0v) is 16.2. The third kappa shape index (κ3) is 4.07. The first kappa shape index (κ1) is 19.2. The van der Waals surface area contributed by atoms with Gasteiger partial charge >= 0.3 is 0 Å². The molecule has 27 heavy (non-hydrogen) atoms. The Balaban J connectivity index is 2.13. The fourth-order valence-corrected chi connectivity index (χ4v) is 3.16. The van der Waals surface area contributed by atoms with E-state index in [9.17, 15) is 9.90 Å². The summed E-state index contributed by atoms with van der Waals surface area (Å²) in [5, 5.41) is 10.7. The number of aromatic nitrogens is 3. The Morgan fingerprint density at radius 3 is 2.70 bits per heavy atom. The van der Waals surface area contributed by atoms with E-state index in [-0.39, 0.29) is 18.1 Å². The number of fused-ring (bicyclic) bond motifs is 1. The molecule has 0 fully saturated rings. The zero-order valence-electron chi connectivity index (χ0n) is 15.5. The van der Waals surface area contributed by atoms with Gasteiger partial charge in [0, 0.05) is 40.5 Å². The molecule has 2 heterocycles. The Kier molecular flexibility index (Phi) is 5.68. The highest BCUT2D eigenvalue weighted by Gasteiger charge is 2.13. The van der Waals surface area contributed by atoms with E-state index in [1.165, 1.54) is 4.57 Å². The molecule has 0 bridgehead atoms. The van der Waals surface area contributed by atoms with E-state index in [4.69, 9.17) is 11.6 Å². The van der Waals surface area contributed by atoms with Gasteiger partial charge in [-0.3, -0.25) is 9.36 Å². The van der Waals surface area contributed by atoms with Crippen molar-refractivity contribution < 1.29 is 5.11 Å². The summed E-state index contributed by atoms with van der Waals surface area (Å²) in [7, 11) is 1.66. The number of aliphatic hydroxyl groups excluding tert-OH is 1. The predicted octanol–water partition coefficient (Wildman–Crippen LogP) is 3.76. The highest BCUT2D eigenvalue weighted by Crippen LogP contribution is 2.27. The molecule has 0 unspecified atom stereocenters. The molecule has 0 amide bonds. The maximum Gasteiger partial charge on any atom is 0.259 e.